The first-order valence-electron chi connectivity index (χ1n) is 8.49. The fourth-order valence-corrected chi connectivity index (χ4v) is 2.91. The van der Waals surface area contributed by atoms with Crippen molar-refractivity contribution in [3.8, 4) is 28.4 Å². The maximum absolute atomic E-state index is 11.5. The van der Waals surface area contributed by atoms with Crippen molar-refractivity contribution in [1.82, 2.24) is 0 Å². The number of carbonyl (C=O) groups is 1. The summed E-state index contributed by atoms with van der Waals surface area (Å²) >= 11 is 0. The minimum absolute atomic E-state index is 0.422. The number of fused-ring (bicyclic) bond motifs is 1. The Labute approximate surface area is 152 Å². The maximum Gasteiger partial charge on any atom is 0.161 e. The number of hydrogen-bond donors (Lipinski definition) is 0. The predicted molar refractivity (Wildman–Crippen MR) is 99.0 cm³/mol. The molecule has 0 saturated heterocycles. The van der Waals surface area contributed by atoms with E-state index < -0.39 is 0 Å². The first-order valence-corrected chi connectivity index (χ1v) is 8.49. The lowest BCUT2D eigenvalue weighted by atomic mass is 10.0. The van der Waals surface area contributed by atoms with E-state index in [2.05, 4.69) is 0 Å². The van der Waals surface area contributed by atoms with Crippen molar-refractivity contribution in [3.63, 3.8) is 0 Å². The third kappa shape index (κ3) is 3.40. The van der Waals surface area contributed by atoms with E-state index >= 15 is 0 Å². The van der Waals surface area contributed by atoms with Gasteiger partial charge in [-0.2, -0.15) is 0 Å². The van der Waals surface area contributed by atoms with Gasteiger partial charge >= 0.3 is 0 Å². The Kier molecular flexibility index (Phi) is 4.56. The Balaban J connectivity index is 1.58. The van der Waals surface area contributed by atoms with Gasteiger partial charge < -0.3 is 14.2 Å². The van der Waals surface area contributed by atoms with Gasteiger partial charge in [-0.25, -0.2) is 0 Å². The molecule has 1 aliphatic rings. The summed E-state index contributed by atoms with van der Waals surface area (Å²) in [6.07, 6.45) is 0.821. The van der Waals surface area contributed by atoms with Crippen LogP contribution in [0.4, 0.5) is 0 Å². The van der Waals surface area contributed by atoms with Crippen LogP contribution in [0.2, 0.25) is 0 Å². The largest absolute Gasteiger partial charge is 0.488 e. The molecule has 3 aromatic carbocycles. The third-order valence-electron chi connectivity index (χ3n) is 4.25. The Morgan fingerprint density at radius 1 is 0.846 bits per heavy atom. The monoisotopic (exact) mass is 346 g/mol. The molecule has 0 fully saturated rings. The molecule has 0 aromatic heterocycles. The summed E-state index contributed by atoms with van der Waals surface area (Å²) in [6, 6.07) is 21.3. The van der Waals surface area contributed by atoms with Crippen molar-refractivity contribution in [3.05, 3.63) is 77.9 Å². The van der Waals surface area contributed by atoms with Crippen LogP contribution < -0.4 is 14.2 Å². The second-order valence-electron chi connectivity index (χ2n) is 6.00. The number of hydrogen-bond acceptors (Lipinski definition) is 4. The predicted octanol–water partition coefficient (Wildman–Crippen LogP) is 4.52. The smallest absolute Gasteiger partial charge is 0.161 e. The highest BCUT2D eigenvalue weighted by molar-refractivity contribution is 5.83. The van der Waals surface area contributed by atoms with E-state index in [0.717, 1.165) is 34.5 Å². The summed E-state index contributed by atoms with van der Waals surface area (Å²) in [5, 5.41) is 0. The molecule has 4 nitrogen and oxygen atoms in total. The summed E-state index contributed by atoms with van der Waals surface area (Å²) in [7, 11) is 0. The summed E-state index contributed by atoms with van der Waals surface area (Å²) < 4.78 is 17.0. The lowest BCUT2D eigenvalue weighted by molar-refractivity contribution is 0.111. The van der Waals surface area contributed by atoms with Crippen LogP contribution in [0, 0.1) is 0 Å². The molecule has 3 aromatic rings. The molecule has 4 heteroatoms. The normalized spacial score (nSPS) is 12.5. The fraction of sp³-hybridized carbons (Fsp3) is 0.136. The minimum Gasteiger partial charge on any atom is -0.488 e. The van der Waals surface area contributed by atoms with Crippen molar-refractivity contribution < 1.29 is 19.0 Å². The average Bonchev–Trinajstić information content (AvgIpc) is 2.72. The van der Waals surface area contributed by atoms with Crippen LogP contribution in [0.25, 0.3) is 11.1 Å². The van der Waals surface area contributed by atoms with Crippen LogP contribution in [-0.4, -0.2) is 19.5 Å². The van der Waals surface area contributed by atoms with Crippen LogP contribution in [0.3, 0.4) is 0 Å². The second-order valence-corrected chi connectivity index (χ2v) is 6.00. The molecule has 0 saturated carbocycles. The molecule has 130 valence electrons. The quantitative estimate of drug-likeness (QED) is 0.637. The van der Waals surface area contributed by atoms with Crippen molar-refractivity contribution in [2.45, 2.75) is 6.61 Å². The molecule has 4 rings (SSSR count). The maximum atomic E-state index is 11.5. The first kappa shape index (κ1) is 16.2. The van der Waals surface area contributed by atoms with Crippen LogP contribution >= 0.6 is 0 Å². The van der Waals surface area contributed by atoms with Gasteiger partial charge in [-0.1, -0.05) is 42.5 Å². The second kappa shape index (κ2) is 7.31. The lowest BCUT2D eigenvalue weighted by Crippen LogP contribution is -2.15. The zero-order valence-corrected chi connectivity index (χ0v) is 14.2. The average molecular weight is 346 g/mol. The number of benzene rings is 3. The highest BCUT2D eigenvalue weighted by Crippen LogP contribution is 2.35. The van der Waals surface area contributed by atoms with Gasteiger partial charge in [-0.3, -0.25) is 4.79 Å². The molecule has 0 spiro atoms. The summed E-state index contributed by atoms with van der Waals surface area (Å²) in [5.41, 5.74) is 3.47. The first-order chi connectivity index (χ1) is 12.8. The topological polar surface area (TPSA) is 44.8 Å². The van der Waals surface area contributed by atoms with Gasteiger partial charge in [0.2, 0.25) is 0 Å². The SMILES string of the molecule is O=Cc1cc(-c2ccc3c(c2)OCCO3)ccc1OCc1ccccc1. The van der Waals surface area contributed by atoms with Crippen molar-refractivity contribution in [1.29, 1.82) is 0 Å². The van der Waals surface area contributed by atoms with Gasteiger partial charge in [0.25, 0.3) is 0 Å². The van der Waals surface area contributed by atoms with E-state index in [0.29, 0.717) is 31.1 Å². The standard InChI is InChI=1S/C22H18O4/c23-14-19-12-17(18-7-9-21-22(13-18)25-11-10-24-21)6-8-20(19)26-15-16-4-2-1-3-5-16/h1-9,12-14H,10-11,15H2. The molecule has 1 aliphatic heterocycles. The third-order valence-corrected chi connectivity index (χ3v) is 4.25. The molecule has 0 atom stereocenters. The molecule has 1 heterocycles. The number of carbonyl (C=O) groups excluding carboxylic acids is 1. The van der Waals surface area contributed by atoms with E-state index in [4.69, 9.17) is 14.2 Å². The van der Waals surface area contributed by atoms with Crippen LogP contribution in [0.1, 0.15) is 15.9 Å². The van der Waals surface area contributed by atoms with Crippen LogP contribution in [0.15, 0.2) is 66.7 Å². The molecule has 0 bridgehead atoms. The molecule has 0 radical (unpaired) electrons. The zero-order valence-electron chi connectivity index (χ0n) is 14.2. The van der Waals surface area contributed by atoms with Crippen molar-refractivity contribution in [2.24, 2.45) is 0 Å². The van der Waals surface area contributed by atoms with E-state index in [9.17, 15) is 4.79 Å². The number of aldehydes is 1. The molecule has 0 unspecified atom stereocenters. The Morgan fingerprint density at radius 2 is 1.58 bits per heavy atom. The molecule has 0 N–H and O–H groups in total. The molecular formula is C22H18O4. The van der Waals surface area contributed by atoms with E-state index in [1.165, 1.54) is 0 Å². The zero-order chi connectivity index (χ0) is 17.8. The van der Waals surface area contributed by atoms with Gasteiger partial charge in [0, 0.05) is 0 Å². The summed E-state index contributed by atoms with van der Waals surface area (Å²) in [5.74, 6) is 2.05. The van der Waals surface area contributed by atoms with Crippen LogP contribution in [0.5, 0.6) is 17.2 Å². The van der Waals surface area contributed by atoms with Gasteiger partial charge in [0.15, 0.2) is 17.8 Å². The highest BCUT2D eigenvalue weighted by atomic mass is 16.6. The van der Waals surface area contributed by atoms with E-state index in [-0.39, 0.29) is 0 Å². The van der Waals surface area contributed by atoms with E-state index in [1.807, 2.05) is 66.7 Å². The minimum atomic E-state index is 0.422. The fourth-order valence-electron chi connectivity index (χ4n) is 2.91. The van der Waals surface area contributed by atoms with Crippen molar-refractivity contribution >= 4 is 6.29 Å². The molecule has 0 amide bonds. The number of rotatable bonds is 5. The van der Waals surface area contributed by atoms with Gasteiger partial charge in [0.1, 0.15) is 25.6 Å². The molecule has 0 aliphatic carbocycles. The molecular weight excluding hydrogens is 328 g/mol. The molecule has 26 heavy (non-hydrogen) atoms. The lowest BCUT2D eigenvalue weighted by Gasteiger charge is -2.19. The van der Waals surface area contributed by atoms with Crippen LogP contribution in [-0.2, 0) is 6.61 Å². The van der Waals surface area contributed by atoms with Gasteiger partial charge in [-0.05, 0) is 41.0 Å². The van der Waals surface area contributed by atoms with Crippen molar-refractivity contribution in [2.75, 3.05) is 13.2 Å². The Morgan fingerprint density at radius 3 is 2.38 bits per heavy atom. The summed E-state index contributed by atoms with van der Waals surface area (Å²) in [6.45, 7) is 1.53. The highest BCUT2D eigenvalue weighted by Gasteiger charge is 2.13. The Hall–Kier alpha value is -3.27. The van der Waals surface area contributed by atoms with Gasteiger partial charge in [-0.15, -0.1) is 0 Å². The number of ether oxygens (including phenoxy) is 3. The van der Waals surface area contributed by atoms with E-state index in [1.54, 1.807) is 0 Å². The van der Waals surface area contributed by atoms with Gasteiger partial charge in [0.05, 0.1) is 5.56 Å². The Bertz CT molecular complexity index is 919. The summed E-state index contributed by atoms with van der Waals surface area (Å²) in [4.78, 5) is 11.5.